The average Bonchev–Trinajstić information content (AvgIpc) is 2.70. The Kier molecular flexibility index (Phi) is 2.52. The van der Waals surface area contributed by atoms with Gasteiger partial charge in [-0.3, -0.25) is 9.89 Å². The van der Waals surface area contributed by atoms with Crippen molar-refractivity contribution in [3.8, 4) is 10.6 Å². The van der Waals surface area contributed by atoms with Crippen LogP contribution in [0.1, 0.15) is 17.4 Å². The van der Waals surface area contributed by atoms with Crippen LogP contribution in [0.3, 0.4) is 0 Å². The molecule has 0 bridgehead atoms. The summed E-state index contributed by atoms with van der Waals surface area (Å²) in [5.74, 6) is -0.0249. The van der Waals surface area contributed by atoms with Gasteiger partial charge in [-0.25, -0.2) is 0 Å². The Morgan fingerprint density at radius 3 is 2.86 bits per heavy atom. The Morgan fingerprint density at radius 2 is 2.36 bits per heavy atom. The first kappa shape index (κ1) is 9.61. The summed E-state index contributed by atoms with van der Waals surface area (Å²) in [7, 11) is 0. The van der Waals surface area contributed by atoms with Gasteiger partial charge in [-0.15, -0.1) is 11.3 Å². The highest BCUT2D eigenvalue weighted by molar-refractivity contribution is 9.11. The fourth-order valence-electron chi connectivity index (χ4n) is 1.09. The first-order valence-electron chi connectivity index (χ1n) is 3.99. The van der Waals surface area contributed by atoms with Gasteiger partial charge in [0.2, 0.25) is 0 Å². The van der Waals surface area contributed by atoms with Crippen LogP contribution < -0.4 is 0 Å². The van der Waals surface area contributed by atoms with Crippen LogP contribution in [0.4, 0.5) is 0 Å². The fraction of sp³-hybridized carbons (Fsp3) is 0.111. The van der Waals surface area contributed by atoms with Gasteiger partial charge in [0.15, 0.2) is 5.78 Å². The third kappa shape index (κ3) is 1.78. The lowest BCUT2D eigenvalue weighted by atomic mass is 10.2. The number of carbonyl (C=O) groups excluding carboxylic acids is 1. The van der Waals surface area contributed by atoms with Crippen molar-refractivity contribution in [2.24, 2.45) is 0 Å². The standard InChI is InChI=1S/C9H7BrN2OS/c1-5(13)6-4-7(12-11-6)8-2-3-9(10)14-8/h2-4H,1H3,(H,11,12). The van der Waals surface area contributed by atoms with E-state index in [0.29, 0.717) is 5.69 Å². The minimum Gasteiger partial charge on any atom is -0.293 e. The summed E-state index contributed by atoms with van der Waals surface area (Å²) in [6, 6.07) is 5.71. The Balaban J connectivity index is 2.38. The van der Waals surface area contributed by atoms with Crippen molar-refractivity contribution in [1.29, 1.82) is 0 Å². The molecule has 0 saturated heterocycles. The molecular weight excluding hydrogens is 264 g/mol. The number of rotatable bonds is 2. The summed E-state index contributed by atoms with van der Waals surface area (Å²) < 4.78 is 1.06. The van der Waals surface area contributed by atoms with Crippen LogP contribution >= 0.6 is 27.3 Å². The summed E-state index contributed by atoms with van der Waals surface area (Å²) in [5.41, 5.74) is 1.36. The normalized spacial score (nSPS) is 10.4. The number of hydrogen-bond acceptors (Lipinski definition) is 3. The van der Waals surface area contributed by atoms with E-state index in [-0.39, 0.29) is 5.78 Å². The molecule has 0 saturated carbocycles. The van der Waals surface area contributed by atoms with Gasteiger partial charge in [0, 0.05) is 6.92 Å². The molecule has 3 nitrogen and oxygen atoms in total. The fourth-order valence-corrected chi connectivity index (χ4v) is 2.44. The van der Waals surface area contributed by atoms with Gasteiger partial charge in [-0.05, 0) is 34.1 Å². The molecule has 0 unspecified atom stereocenters. The molecule has 2 aromatic rings. The summed E-state index contributed by atoms with van der Waals surface area (Å²) in [5, 5.41) is 6.75. The van der Waals surface area contributed by atoms with E-state index >= 15 is 0 Å². The maximum atomic E-state index is 11.0. The van der Waals surface area contributed by atoms with Crippen molar-refractivity contribution in [2.45, 2.75) is 6.92 Å². The number of hydrogen-bond donors (Lipinski definition) is 1. The van der Waals surface area contributed by atoms with Gasteiger partial charge >= 0.3 is 0 Å². The molecule has 0 spiro atoms. The third-order valence-corrected chi connectivity index (χ3v) is 3.43. The maximum Gasteiger partial charge on any atom is 0.179 e. The van der Waals surface area contributed by atoms with E-state index in [2.05, 4.69) is 26.1 Å². The number of ketones is 1. The van der Waals surface area contributed by atoms with E-state index in [0.717, 1.165) is 14.4 Å². The molecule has 2 rings (SSSR count). The Hall–Kier alpha value is -0.940. The van der Waals surface area contributed by atoms with E-state index in [1.165, 1.54) is 6.92 Å². The second-order valence-corrected chi connectivity index (χ2v) is 5.29. The summed E-state index contributed by atoms with van der Waals surface area (Å²) in [4.78, 5) is 12.1. The van der Waals surface area contributed by atoms with Gasteiger partial charge in [-0.2, -0.15) is 5.10 Å². The number of nitrogens with one attached hydrogen (secondary N) is 1. The van der Waals surface area contributed by atoms with Crippen molar-refractivity contribution in [2.75, 3.05) is 0 Å². The lowest BCUT2D eigenvalue weighted by molar-refractivity contribution is 0.101. The minimum absolute atomic E-state index is 0.0249. The lowest BCUT2D eigenvalue weighted by Crippen LogP contribution is -1.90. The second kappa shape index (κ2) is 3.67. The summed E-state index contributed by atoms with van der Waals surface area (Å²) in [6.07, 6.45) is 0. The number of carbonyl (C=O) groups is 1. The Labute approximate surface area is 93.3 Å². The number of aromatic amines is 1. The number of H-pyrrole nitrogens is 1. The molecule has 5 heteroatoms. The largest absolute Gasteiger partial charge is 0.293 e. The number of aromatic nitrogens is 2. The molecule has 2 heterocycles. The highest BCUT2D eigenvalue weighted by atomic mass is 79.9. The predicted octanol–water partition coefficient (Wildman–Crippen LogP) is 3.10. The van der Waals surface area contributed by atoms with Crippen LogP contribution in [0.25, 0.3) is 10.6 Å². The SMILES string of the molecule is CC(=O)c1cc(-c2ccc(Br)s2)[nH]n1. The van der Waals surface area contributed by atoms with Gasteiger partial charge in [0.05, 0.1) is 14.4 Å². The van der Waals surface area contributed by atoms with E-state index in [1.54, 1.807) is 17.4 Å². The molecule has 0 aliphatic heterocycles. The quantitative estimate of drug-likeness (QED) is 0.853. The summed E-state index contributed by atoms with van der Waals surface area (Å²) in [6.45, 7) is 1.50. The Morgan fingerprint density at radius 1 is 1.57 bits per heavy atom. The molecule has 0 aliphatic carbocycles. The number of Topliss-reactive ketones (excluding diaryl/α,β-unsaturated/α-hetero) is 1. The number of halogens is 1. The number of thiophene rings is 1. The predicted molar refractivity (Wildman–Crippen MR) is 59.6 cm³/mol. The first-order valence-corrected chi connectivity index (χ1v) is 5.60. The van der Waals surface area contributed by atoms with E-state index in [4.69, 9.17) is 0 Å². The second-order valence-electron chi connectivity index (χ2n) is 2.83. The smallest absolute Gasteiger partial charge is 0.179 e. The molecule has 0 atom stereocenters. The van der Waals surface area contributed by atoms with Gasteiger partial charge in [0.25, 0.3) is 0 Å². The lowest BCUT2D eigenvalue weighted by Gasteiger charge is -1.86. The van der Waals surface area contributed by atoms with Crippen molar-refractivity contribution in [3.63, 3.8) is 0 Å². The van der Waals surface area contributed by atoms with Crippen molar-refractivity contribution >= 4 is 33.0 Å². The highest BCUT2D eigenvalue weighted by Crippen LogP contribution is 2.30. The Bertz CT molecular complexity index is 475. The van der Waals surface area contributed by atoms with Crippen LogP contribution in [-0.2, 0) is 0 Å². The molecule has 72 valence electrons. The molecule has 0 aromatic carbocycles. The van der Waals surface area contributed by atoms with Gasteiger partial charge in [0.1, 0.15) is 5.69 Å². The zero-order chi connectivity index (χ0) is 10.1. The molecular formula is C9H7BrN2OS. The molecule has 0 radical (unpaired) electrons. The van der Waals surface area contributed by atoms with Crippen molar-refractivity contribution in [1.82, 2.24) is 10.2 Å². The van der Waals surface area contributed by atoms with Crippen LogP contribution in [0.2, 0.25) is 0 Å². The van der Waals surface area contributed by atoms with Crippen molar-refractivity contribution in [3.05, 3.63) is 27.7 Å². The van der Waals surface area contributed by atoms with Gasteiger partial charge < -0.3 is 0 Å². The van der Waals surface area contributed by atoms with Gasteiger partial charge in [-0.1, -0.05) is 0 Å². The van der Waals surface area contributed by atoms with Crippen molar-refractivity contribution < 1.29 is 4.79 Å². The molecule has 14 heavy (non-hydrogen) atoms. The monoisotopic (exact) mass is 270 g/mol. The molecule has 0 amide bonds. The first-order chi connectivity index (χ1) is 6.66. The third-order valence-electron chi connectivity index (χ3n) is 1.78. The molecule has 0 fully saturated rings. The van der Waals surface area contributed by atoms with Crippen LogP contribution in [0.5, 0.6) is 0 Å². The van der Waals surface area contributed by atoms with Crippen LogP contribution in [-0.4, -0.2) is 16.0 Å². The maximum absolute atomic E-state index is 11.0. The highest BCUT2D eigenvalue weighted by Gasteiger charge is 2.08. The summed E-state index contributed by atoms with van der Waals surface area (Å²) >= 11 is 4.98. The van der Waals surface area contributed by atoms with Crippen LogP contribution in [0.15, 0.2) is 22.0 Å². The van der Waals surface area contributed by atoms with Crippen LogP contribution in [0, 0.1) is 0 Å². The van der Waals surface area contributed by atoms with E-state index < -0.39 is 0 Å². The van der Waals surface area contributed by atoms with E-state index in [9.17, 15) is 4.79 Å². The average molecular weight is 271 g/mol. The zero-order valence-corrected chi connectivity index (χ0v) is 9.78. The minimum atomic E-state index is -0.0249. The molecule has 2 aromatic heterocycles. The topological polar surface area (TPSA) is 45.8 Å². The molecule has 1 N–H and O–H groups in total. The zero-order valence-electron chi connectivity index (χ0n) is 7.37. The number of nitrogens with zero attached hydrogens (tertiary/aromatic N) is 1. The molecule has 0 aliphatic rings. The van der Waals surface area contributed by atoms with E-state index in [1.807, 2.05) is 12.1 Å².